The lowest BCUT2D eigenvalue weighted by Gasteiger charge is -2.39. The van der Waals surface area contributed by atoms with Gasteiger partial charge in [-0.05, 0) is 68.0 Å². The normalized spacial score (nSPS) is 13.6. The number of aromatic nitrogens is 1. The number of anilines is 2. The number of benzene rings is 2. The molecule has 0 aliphatic carbocycles. The van der Waals surface area contributed by atoms with Crippen LogP contribution in [0.15, 0.2) is 60.7 Å². The molecule has 0 fully saturated rings. The minimum Gasteiger partial charge on any atom is -0.453 e. The van der Waals surface area contributed by atoms with Gasteiger partial charge in [0.15, 0.2) is 11.5 Å². The molecule has 2 heterocycles. The standard InChI is InChI=1S/C28H34N2O4S/c1-3-5-11-21-17-18-22(12-6-4-2)29-28(21)25(19-20-35(31,32)33)30-23-13-7-9-15-26(23)34-27-16-10-8-14-24(27)30/h7-10,13-18,25H,3-6,11-12,19-20H2,1-2H3,(H,31,32,33). The Morgan fingerprint density at radius 3 is 2.09 bits per heavy atom. The first-order chi connectivity index (χ1) is 16.9. The van der Waals surface area contributed by atoms with Gasteiger partial charge in [0, 0.05) is 5.69 Å². The van der Waals surface area contributed by atoms with Crippen LogP contribution in [0.3, 0.4) is 0 Å². The van der Waals surface area contributed by atoms with Gasteiger partial charge in [-0.3, -0.25) is 9.54 Å². The van der Waals surface area contributed by atoms with Crippen LogP contribution in [-0.2, 0) is 23.0 Å². The molecule has 0 spiro atoms. The summed E-state index contributed by atoms with van der Waals surface area (Å²) in [7, 11) is -4.16. The SMILES string of the molecule is CCCCc1ccc(CCCC)c(C(CCS(=O)(=O)O)N2c3ccccc3Oc3ccccc32)n1. The van der Waals surface area contributed by atoms with Gasteiger partial charge >= 0.3 is 0 Å². The third-order valence-electron chi connectivity index (χ3n) is 6.40. The van der Waals surface area contributed by atoms with Crippen molar-refractivity contribution in [2.24, 2.45) is 0 Å². The maximum absolute atomic E-state index is 11.9. The van der Waals surface area contributed by atoms with E-state index in [4.69, 9.17) is 9.72 Å². The predicted molar refractivity (Wildman–Crippen MR) is 140 cm³/mol. The molecule has 4 rings (SSSR count). The number of rotatable bonds is 11. The molecule has 1 atom stereocenters. The van der Waals surface area contributed by atoms with E-state index in [1.165, 1.54) is 0 Å². The maximum atomic E-state index is 11.9. The zero-order valence-electron chi connectivity index (χ0n) is 20.5. The van der Waals surface area contributed by atoms with Gasteiger partial charge in [0.1, 0.15) is 0 Å². The number of fused-ring (bicyclic) bond motifs is 2. The van der Waals surface area contributed by atoms with Gasteiger partial charge in [0.2, 0.25) is 0 Å². The molecule has 1 aliphatic rings. The summed E-state index contributed by atoms with van der Waals surface area (Å²) in [5, 5.41) is 0. The monoisotopic (exact) mass is 494 g/mol. The van der Waals surface area contributed by atoms with Crippen molar-refractivity contribution in [2.45, 2.75) is 64.8 Å². The molecular weight excluding hydrogens is 460 g/mol. The molecule has 0 amide bonds. The summed E-state index contributed by atoms with van der Waals surface area (Å²) in [6.07, 6.45) is 6.12. The number of nitrogens with zero attached hydrogens (tertiary/aromatic N) is 2. The fourth-order valence-corrected chi connectivity index (χ4v) is 5.15. The number of para-hydroxylation sites is 4. The molecule has 35 heavy (non-hydrogen) atoms. The zero-order valence-corrected chi connectivity index (χ0v) is 21.3. The summed E-state index contributed by atoms with van der Waals surface area (Å²) in [6.45, 7) is 4.32. The summed E-state index contributed by atoms with van der Waals surface area (Å²) in [5.41, 5.74) is 4.72. The Morgan fingerprint density at radius 2 is 1.49 bits per heavy atom. The highest BCUT2D eigenvalue weighted by Crippen LogP contribution is 2.51. The molecule has 0 saturated heterocycles. The van der Waals surface area contributed by atoms with Crippen LogP contribution < -0.4 is 9.64 Å². The van der Waals surface area contributed by atoms with Gasteiger partial charge in [0.05, 0.1) is 28.9 Å². The lowest BCUT2D eigenvalue weighted by atomic mass is 9.96. The summed E-state index contributed by atoms with van der Waals surface area (Å²) in [4.78, 5) is 7.27. The molecule has 0 radical (unpaired) electrons. The van der Waals surface area contributed by atoms with Crippen molar-refractivity contribution in [2.75, 3.05) is 10.7 Å². The van der Waals surface area contributed by atoms with Crippen molar-refractivity contribution in [3.8, 4) is 11.5 Å². The van der Waals surface area contributed by atoms with Gasteiger partial charge < -0.3 is 9.64 Å². The highest BCUT2D eigenvalue weighted by Gasteiger charge is 2.33. The van der Waals surface area contributed by atoms with Crippen LogP contribution in [0.25, 0.3) is 0 Å². The largest absolute Gasteiger partial charge is 0.453 e. The topological polar surface area (TPSA) is 79.7 Å². The fraction of sp³-hybridized carbons (Fsp3) is 0.393. The Hall–Kier alpha value is -2.90. The quantitative estimate of drug-likeness (QED) is 0.288. The van der Waals surface area contributed by atoms with Crippen molar-refractivity contribution in [1.82, 2.24) is 4.98 Å². The molecule has 7 heteroatoms. The van der Waals surface area contributed by atoms with E-state index in [0.717, 1.165) is 66.9 Å². The lowest BCUT2D eigenvalue weighted by Crippen LogP contribution is -2.30. The number of hydrogen-bond donors (Lipinski definition) is 1. The molecule has 1 aromatic heterocycles. The summed E-state index contributed by atoms with van der Waals surface area (Å²) in [5.74, 6) is 1.06. The molecule has 1 N–H and O–H groups in total. The highest BCUT2D eigenvalue weighted by atomic mass is 32.2. The van der Waals surface area contributed by atoms with Gasteiger partial charge in [-0.1, -0.05) is 57.0 Å². The second kappa shape index (κ2) is 11.2. The number of unbranched alkanes of at least 4 members (excludes halogenated alkanes) is 2. The molecule has 0 saturated carbocycles. The van der Waals surface area contributed by atoms with Crippen LogP contribution in [0.4, 0.5) is 11.4 Å². The molecule has 186 valence electrons. The molecule has 2 aromatic carbocycles. The fourth-order valence-electron chi connectivity index (χ4n) is 4.63. The van der Waals surface area contributed by atoms with Gasteiger partial charge in [0.25, 0.3) is 10.1 Å². The summed E-state index contributed by atoms with van der Waals surface area (Å²) in [6, 6.07) is 19.4. The van der Waals surface area contributed by atoms with Gasteiger partial charge in [-0.25, -0.2) is 0 Å². The minimum absolute atomic E-state index is 0.199. The van der Waals surface area contributed by atoms with Crippen LogP contribution in [0.5, 0.6) is 11.5 Å². The van der Waals surface area contributed by atoms with Gasteiger partial charge in [-0.2, -0.15) is 8.42 Å². The van der Waals surface area contributed by atoms with Crippen molar-refractivity contribution in [3.63, 3.8) is 0 Å². The predicted octanol–water partition coefficient (Wildman–Crippen LogP) is 7.03. The molecule has 1 unspecified atom stereocenters. The first-order valence-electron chi connectivity index (χ1n) is 12.5. The Bertz CT molecular complexity index is 1210. The summed E-state index contributed by atoms with van der Waals surface area (Å²) >= 11 is 0. The Labute approximate surface area is 208 Å². The molecule has 6 nitrogen and oxygen atoms in total. The van der Waals surface area contributed by atoms with Gasteiger partial charge in [-0.15, -0.1) is 0 Å². The smallest absolute Gasteiger partial charge is 0.264 e. The van der Waals surface area contributed by atoms with E-state index in [1.807, 2.05) is 48.5 Å². The second-order valence-electron chi connectivity index (χ2n) is 9.05. The average Bonchev–Trinajstić information content (AvgIpc) is 2.85. The van der Waals surface area contributed by atoms with Crippen molar-refractivity contribution in [3.05, 3.63) is 77.6 Å². The lowest BCUT2D eigenvalue weighted by molar-refractivity contribution is 0.459. The molecule has 3 aromatic rings. The second-order valence-corrected chi connectivity index (χ2v) is 10.6. The number of aryl methyl sites for hydroxylation is 2. The van der Waals surface area contributed by atoms with E-state index in [1.54, 1.807) is 0 Å². The van der Waals surface area contributed by atoms with Crippen LogP contribution in [0.2, 0.25) is 0 Å². The molecule has 1 aliphatic heterocycles. The summed E-state index contributed by atoms with van der Waals surface area (Å²) < 4.78 is 39.7. The van der Waals surface area contributed by atoms with E-state index in [0.29, 0.717) is 11.5 Å². The minimum atomic E-state index is -4.16. The van der Waals surface area contributed by atoms with E-state index >= 15 is 0 Å². The molecular formula is C28H34N2O4S. The van der Waals surface area contributed by atoms with Crippen LogP contribution in [-0.4, -0.2) is 23.7 Å². The third-order valence-corrected chi connectivity index (χ3v) is 7.15. The average molecular weight is 495 g/mol. The first-order valence-corrected chi connectivity index (χ1v) is 14.1. The van der Waals surface area contributed by atoms with Crippen LogP contribution >= 0.6 is 0 Å². The number of ether oxygens (including phenoxy) is 1. The van der Waals surface area contributed by atoms with E-state index in [-0.39, 0.29) is 12.2 Å². The highest BCUT2D eigenvalue weighted by molar-refractivity contribution is 7.85. The Morgan fingerprint density at radius 1 is 0.886 bits per heavy atom. The van der Waals surface area contributed by atoms with Crippen molar-refractivity contribution in [1.29, 1.82) is 0 Å². The number of pyridine rings is 1. The van der Waals surface area contributed by atoms with Crippen molar-refractivity contribution < 1.29 is 17.7 Å². The third kappa shape index (κ3) is 6.03. The molecule has 0 bridgehead atoms. The first kappa shape index (κ1) is 25.2. The number of hydrogen-bond acceptors (Lipinski definition) is 5. The van der Waals surface area contributed by atoms with Crippen LogP contribution in [0.1, 0.15) is 68.9 Å². The van der Waals surface area contributed by atoms with E-state index in [9.17, 15) is 13.0 Å². The van der Waals surface area contributed by atoms with Crippen LogP contribution in [0, 0.1) is 0 Å². The van der Waals surface area contributed by atoms with E-state index in [2.05, 4.69) is 30.9 Å². The Balaban J connectivity index is 1.89. The van der Waals surface area contributed by atoms with Crippen molar-refractivity contribution >= 4 is 21.5 Å². The Kier molecular flexibility index (Phi) is 8.08. The van der Waals surface area contributed by atoms with E-state index < -0.39 is 16.2 Å². The maximum Gasteiger partial charge on any atom is 0.264 e. The zero-order chi connectivity index (χ0) is 24.8.